The monoisotopic (exact) mass is 202 g/mol. The van der Waals surface area contributed by atoms with Crippen molar-refractivity contribution in [3.05, 3.63) is 34.1 Å². The molecule has 2 N–H and O–H groups in total. The Morgan fingerprint density at radius 1 is 1.60 bits per heavy atom. The Balaban J connectivity index is 3.17. The summed E-state index contributed by atoms with van der Waals surface area (Å²) in [7, 11) is 0. The van der Waals surface area contributed by atoms with Crippen molar-refractivity contribution < 1.29 is 4.39 Å². The van der Waals surface area contributed by atoms with Gasteiger partial charge in [-0.15, -0.1) is 0 Å². The van der Waals surface area contributed by atoms with Gasteiger partial charge in [-0.25, -0.2) is 4.39 Å². The Morgan fingerprint density at radius 3 is 2.70 bits per heavy atom. The van der Waals surface area contributed by atoms with Crippen molar-refractivity contribution in [3.8, 4) is 0 Å². The molecule has 53 valence electrons. The topological polar surface area (TPSA) is 26.0 Å². The van der Waals surface area contributed by atoms with Crippen LogP contribution in [0.1, 0.15) is 5.56 Å². The molecule has 0 aliphatic carbocycles. The van der Waals surface area contributed by atoms with Crippen molar-refractivity contribution in [2.24, 2.45) is 5.73 Å². The van der Waals surface area contributed by atoms with E-state index < -0.39 is 0 Å². The molecule has 1 nitrogen and oxygen atoms in total. The lowest BCUT2D eigenvalue weighted by Crippen LogP contribution is -2.00. The van der Waals surface area contributed by atoms with Crippen LogP contribution in [-0.4, -0.2) is 0 Å². The minimum atomic E-state index is -0.308. The molecule has 0 atom stereocenters. The molecule has 0 aliphatic heterocycles. The van der Waals surface area contributed by atoms with Crippen LogP contribution in [0.2, 0.25) is 0 Å². The van der Waals surface area contributed by atoms with E-state index in [2.05, 4.69) is 22.0 Å². The highest BCUT2D eigenvalue weighted by Gasteiger charge is 2.02. The van der Waals surface area contributed by atoms with E-state index in [1.807, 2.05) is 0 Å². The Bertz CT molecular complexity index is 217. The fraction of sp³-hybridized carbons (Fsp3) is 0.143. The number of benzene rings is 1. The number of hydrogen-bond donors (Lipinski definition) is 1. The fourth-order valence-electron chi connectivity index (χ4n) is 0.671. The highest BCUT2D eigenvalue weighted by atomic mass is 79.9. The molecule has 0 aromatic heterocycles. The predicted molar refractivity (Wildman–Crippen MR) is 40.8 cm³/mol. The molecule has 1 rings (SSSR count). The van der Waals surface area contributed by atoms with Crippen LogP contribution in [0.5, 0.6) is 0 Å². The minimum Gasteiger partial charge on any atom is -0.326 e. The lowest BCUT2D eigenvalue weighted by Gasteiger charge is -1.99. The van der Waals surface area contributed by atoms with Crippen LogP contribution in [0.15, 0.2) is 16.6 Å². The average molecular weight is 203 g/mol. The van der Waals surface area contributed by atoms with Gasteiger partial charge in [-0.3, -0.25) is 0 Å². The van der Waals surface area contributed by atoms with Gasteiger partial charge in [0.05, 0.1) is 0 Å². The second kappa shape index (κ2) is 3.12. The summed E-state index contributed by atoms with van der Waals surface area (Å²) in [6.45, 7) is 0.209. The molecule has 1 aromatic carbocycles. The van der Waals surface area contributed by atoms with Crippen LogP contribution >= 0.6 is 15.9 Å². The molecule has 1 radical (unpaired) electrons. The Hall–Kier alpha value is -0.410. The summed E-state index contributed by atoms with van der Waals surface area (Å²) in [5.74, 6) is -0.308. The maximum absolute atomic E-state index is 12.7. The van der Waals surface area contributed by atoms with Gasteiger partial charge in [0.15, 0.2) is 0 Å². The van der Waals surface area contributed by atoms with Crippen molar-refractivity contribution >= 4 is 15.9 Å². The molecule has 0 heterocycles. The summed E-state index contributed by atoms with van der Waals surface area (Å²) in [5.41, 5.74) is 5.77. The quantitative estimate of drug-likeness (QED) is 0.740. The van der Waals surface area contributed by atoms with Crippen LogP contribution in [0.4, 0.5) is 4.39 Å². The van der Waals surface area contributed by atoms with E-state index >= 15 is 0 Å². The molecule has 0 bridgehead atoms. The first-order valence-electron chi connectivity index (χ1n) is 2.79. The van der Waals surface area contributed by atoms with Gasteiger partial charge in [0.25, 0.3) is 0 Å². The highest BCUT2D eigenvalue weighted by Crippen LogP contribution is 2.17. The Morgan fingerprint density at radius 2 is 2.30 bits per heavy atom. The second-order valence-electron chi connectivity index (χ2n) is 1.83. The number of hydrogen-bond acceptors (Lipinski definition) is 1. The van der Waals surface area contributed by atoms with Gasteiger partial charge < -0.3 is 5.73 Å². The lowest BCUT2D eigenvalue weighted by molar-refractivity contribution is 0.609. The molecule has 0 amide bonds. The van der Waals surface area contributed by atoms with Gasteiger partial charge in [-0.2, -0.15) is 0 Å². The zero-order valence-corrected chi connectivity index (χ0v) is 6.78. The van der Waals surface area contributed by atoms with Crippen molar-refractivity contribution in [3.63, 3.8) is 0 Å². The second-order valence-corrected chi connectivity index (χ2v) is 2.69. The van der Waals surface area contributed by atoms with Crippen molar-refractivity contribution in [2.75, 3.05) is 0 Å². The van der Waals surface area contributed by atoms with Crippen LogP contribution in [-0.2, 0) is 6.54 Å². The molecular weight excluding hydrogens is 197 g/mol. The SMILES string of the molecule is NCc1c(F)c[c]cc1Br. The summed E-state index contributed by atoms with van der Waals surface area (Å²) in [4.78, 5) is 0. The highest BCUT2D eigenvalue weighted by molar-refractivity contribution is 9.10. The van der Waals surface area contributed by atoms with Crippen molar-refractivity contribution in [1.82, 2.24) is 0 Å². The van der Waals surface area contributed by atoms with E-state index in [9.17, 15) is 4.39 Å². The molecule has 0 saturated heterocycles. The van der Waals surface area contributed by atoms with Crippen LogP contribution in [0.3, 0.4) is 0 Å². The number of nitrogens with two attached hydrogens (primary N) is 1. The third-order valence-corrected chi connectivity index (χ3v) is 1.91. The van der Waals surface area contributed by atoms with Crippen LogP contribution < -0.4 is 5.73 Å². The van der Waals surface area contributed by atoms with Crippen LogP contribution in [0, 0.1) is 11.9 Å². The smallest absolute Gasteiger partial charge is 0.129 e. The Labute approximate surface area is 67.2 Å². The van der Waals surface area contributed by atoms with E-state index in [-0.39, 0.29) is 12.4 Å². The molecule has 3 heteroatoms. The van der Waals surface area contributed by atoms with Gasteiger partial charge in [0.2, 0.25) is 0 Å². The summed E-state index contributed by atoms with van der Waals surface area (Å²) in [6, 6.07) is 5.54. The number of halogens is 2. The summed E-state index contributed by atoms with van der Waals surface area (Å²) in [5, 5.41) is 0. The van der Waals surface area contributed by atoms with Gasteiger partial charge >= 0.3 is 0 Å². The molecule has 0 unspecified atom stereocenters. The van der Waals surface area contributed by atoms with E-state index in [4.69, 9.17) is 5.73 Å². The third kappa shape index (κ3) is 1.36. The van der Waals surface area contributed by atoms with Gasteiger partial charge in [-0.1, -0.05) is 15.9 Å². The average Bonchev–Trinajstić information content (AvgIpc) is 1.88. The zero-order valence-electron chi connectivity index (χ0n) is 5.20. The largest absolute Gasteiger partial charge is 0.326 e. The molecule has 10 heavy (non-hydrogen) atoms. The normalized spacial score (nSPS) is 9.90. The first kappa shape index (κ1) is 7.69. The first-order chi connectivity index (χ1) is 4.75. The molecule has 1 aromatic rings. The Kier molecular flexibility index (Phi) is 2.40. The van der Waals surface area contributed by atoms with Gasteiger partial charge in [0.1, 0.15) is 5.82 Å². The standard InChI is InChI=1S/C7H6BrFN/c8-6-2-1-3-7(9)5(6)4-10/h2-3H,4,10H2. The van der Waals surface area contributed by atoms with Crippen molar-refractivity contribution in [2.45, 2.75) is 6.54 Å². The zero-order chi connectivity index (χ0) is 7.56. The lowest BCUT2D eigenvalue weighted by atomic mass is 10.2. The molecule has 0 spiro atoms. The van der Waals surface area contributed by atoms with E-state index in [1.54, 1.807) is 6.07 Å². The fourth-order valence-corrected chi connectivity index (χ4v) is 1.15. The number of rotatable bonds is 1. The van der Waals surface area contributed by atoms with Gasteiger partial charge in [0, 0.05) is 16.6 Å². The van der Waals surface area contributed by atoms with E-state index in [1.165, 1.54) is 6.07 Å². The summed E-state index contributed by atoms with van der Waals surface area (Å²) >= 11 is 3.16. The maximum Gasteiger partial charge on any atom is 0.129 e. The summed E-state index contributed by atoms with van der Waals surface area (Å²) in [6.07, 6.45) is 0. The van der Waals surface area contributed by atoms with Gasteiger partial charge in [-0.05, 0) is 18.2 Å². The summed E-state index contributed by atoms with van der Waals surface area (Å²) < 4.78 is 13.4. The van der Waals surface area contributed by atoms with Crippen molar-refractivity contribution in [1.29, 1.82) is 0 Å². The third-order valence-electron chi connectivity index (χ3n) is 1.20. The molecule has 0 fully saturated rings. The molecule has 0 saturated carbocycles. The van der Waals surface area contributed by atoms with E-state index in [0.29, 0.717) is 10.0 Å². The molecular formula is C7H6BrFN. The minimum absolute atomic E-state index is 0.209. The van der Waals surface area contributed by atoms with E-state index in [0.717, 1.165) is 0 Å². The first-order valence-corrected chi connectivity index (χ1v) is 3.59. The maximum atomic E-state index is 12.7. The predicted octanol–water partition coefficient (Wildman–Crippen LogP) is 1.85. The molecule has 0 aliphatic rings. The van der Waals surface area contributed by atoms with Crippen LogP contribution in [0.25, 0.3) is 0 Å².